The molecule has 6 nitrogen and oxygen atoms in total. The van der Waals surface area contributed by atoms with Crippen LogP contribution >= 0.6 is 0 Å². The Morgan fingerprint density at radius 2 is 2.03 bits per heavy atom. The lowest BCUT2D eigenvalue weighted by Crippen LogP contribution is -2.23. The summed E-state index contributed by atoms with van der Waals surface area (Å²) in [6.07, 6.45) is 5.16. The third-order valence-electron chi connectivity index (χ3n) is 5.91. The predicted octanol–water partition coefficient (Wildman–Crippen LogP) is 4.41. The van der Waals surface area contributed by atoms with Gasteiger partial charge in [-0.3, -0.25) is 4.98 Å². The van der Waals surface area contributed by atoms with Crippen LogP contribution < -0.4 is 5.32 Å². The van der Waals surface area contributed by atoms with Crippen LogP contribution in [0.15, 0.2) is 36.5 Å². The Balaban J connectivity index is 1.73. The van der Waals surface area contributed by atoms with E-state index in [1.807, 2.05) is 38.2 Å². The molecule has 0 saturated heterocycles. The average Bonchev–Trinajstić information content (AvgIpc) is 2.76. The fourth-order valence-corrected chi connectivity index (χ4v) is 3.98. The molecule has 1 atom stereocenters. The zero-order valence-corrected chi connectivity index (χ0v) is 17.9. The lowest BCUT2D eigenvalue weighted by atomic mass is 9.98. The second-order valence-electron chi connectivity index (χ2n) is 7.99. The molecule has 1 N–H and O–H groups in total. The zero-order chi connectivity index (χ0) is 21.3. The summed E-state index contributed by atoms with van der Waals surface area (Å²) < 4.78 is 0. The first-order valence-electron chi connectivity index (χ1n) is 10.2. The van der Waals surface area contributed by atoms with Crippen LogP contribution in [0.1, 0.15) is 47.5 Å². The number of likely N-dealkylation sites (N-methyl/N-ethyl adjacent to an activating group) is 1. The van der Waals surface area contributed by atoms with Gasteiger partial charge < -0.3 is 10.2 Å². The molecule has 1 aliphatic rings. The molecule has 30 heavy (non-hydrogen) atoms. The van der Waals surface area contributed by atoms with Crippen molar-refractivity contribution in [3.05, 3.63) is 64.6 Å². The number of aryl methyl sites for hydroxylation is 1. The van der Waals surface area contributed by atoms with Crippen LogP contribution in [0, 0.1) is 25.2 Å². The standard InChI is InChI=1S/C24H26N6/c1-15-19(13-25)6-5-7-20(15)16(2)27-24-21-12-23(18-8-10-30(4)11-9-18)26-14-22(21)17(3)28-29-24/h5-8,12,14,16H,9-11H2,1-4H3,(H,27,29)/t16-/m1/s1. The van der Waals surface area contributed by atoms with Crippen LogP contribution in [0.5, 0.6) is 0 Å². The van der Waals surface area contributed by atoms with E-state index in [2.05, 4.69) is 52.6 Å². The van der Waals surface area contributed by atoms with Crippen molar-refractivity contribution in [2.24, 2.45) is 0 Å². The number of nitriles is 1. The number of hydrogen-bond donors (Lipinski definition) is 1. The fourth-order valence-electron chi connectivity index (χ4n) is 3.98. The lowest BCUT2D eigenvalue weighted by molar-refractivity contribution is 0.370. The average molecular weight is 399 g/mol. The van der Waals surface area contributed by atoms with Crippen molar-refractivity contribution in [2.45, 2.75) is 33.2 Å². The Morgan fingerprint density at radius 1 is 1.20 bits per heavy atom. The Hall–Kier alpha value is -3.30. The van der Waals surface area contributed by atoms with Crippen LogP contribution in [0.25, 0.3) is 16.3 Å². The second-order valence-corrected chi connectivity index (χ2v) is 7.99. The fraction of sp³-hybridized carbons (Fsp3) is 0.333. The quantitative estimate of drug-likeness (QED) is 0.702. The van der Waals surface area contributed by atoms with Crippen molar-refractivity contribution in [3.8, 4) is 6.07 Å². The first kappa shape index (κ1) is 20.0. The Kier molecular flexibility index (Phi) is 5.47. The summed E-state index contributed by atoms with van der Waals surface area (Å²) in [6, 6.07) is 10.2. The number of anilines is 1. The molecule has 0 bridgehead atoms. The molecular weight excluding hydrogens is 372 g/mol. The van der Waals surface area contributed by atoms with Gasteiger partial charge in [0.1, 0.15) is 0 Å². The van der Waals surface area contributed by atoms with E-state index in [0.717, 1.165) is 58.6 Å². The lowest BCUT2D eigenvalue weighted by Gasteiger charge is -2.22. The molecule has 6 heteroatoms. The van der Waals surface area contributed by atoms with Gasteiger partial charge in [-0.25, -0.2) is 0 Å². The van der Waals surface area contributed by atoms with E-state index >= 15 is 0 Å². The monoisotopic (exact) mass is 398 g/mol. The molecule has 0 fully saturated rings. The Morgan fingerprint density at radius 3 is 2.77 bits per heavy atom. The smallest absolute Gasteiger partial charge is 0.157 e. The maximum atomic E-state index is 9.35. The molecule has 0 amide bonds. The van der Waals surface area contributed by atoms with Crippen LogP contribution in [-0.4, -0.2) is 40.2 Å². The van der Waals surface area contributed by atoms with Crippen molar-refractivity contribution < 1.29 is 0 Å². The normalized spacial score (nSPS) is 15.5. The summed E-state index contributed by atoms with van der Waals surface area (Å²) in [6.45, 7) is 8.01. The topological polar surface area (TPSA) is 77.7 Å². The molecule has 1 aromatic carbocycles. The van der Waals surface area contributed by atoms with E-state index in [-0.39, 0.29) is 6.04 Å². The van der Waals surface area contributed by atoms with Gasteiger partial charge in [-0.1, -0.05) is 18.2 Å². The zero-order valence-electron chi connectivity index (χ0n) is 17.9. The van der Waals surface area contributed by atoms with Crippen LogP contribution in [0.2, 0.25) is 0 Å². The Labute approximate surface area is 177 Å². The molecule has 0 saturated carbocycles. The minimum atomic E-state index is -0.0160. The van der Waals surface area contributed by atoms with Crippen molar-refractivity contribution in [1.82, 2.24) is 20.1 Å². The van der Waals surface area contributed by atoms with Crippen LogP contribution in [0.4, 0.5) is 5.82 Å². The maximum absolute atomic E-state index is 9.35. The first-order chi connectivity index (χ1) is 14.5. The molecule has 2 aromatic heterocycles. The summed E-state index contributed by atoms with van der Waals surface area (Å²) in [5, 5.41) is 23.7. The number of benzene rings is 1. The molecule has 3 heterocycles. The SMILES string of the molecule is Cc1c(C#N)cccc1[C@@H](C)Nc1nnc(C)c2cnc(C3=CCN(C)CC3)cc12. The highest BCUT2D eigenvalue weighted by Gasteiger charge is 2.17. The molecule has 0 aliphatic carbocycles. The minimum Gasteiger partial charge on any atom is -0.362 e. The minimum absolute atomic E-state index is 0.0160. The van der Waals surface area contributed by atoms with Crippen molar-refractivity contribution in [3.63, 3.8) is 0 Å². The maximum Gasteiger partial charge on any atom is 0.157 e. The van der Waals surface area contributed by atoms with E-state index < -0.39 is 0 Å². The number of nitrogens with one attached hydrogen (secondary N) is 1. The van der Waals surface area contributed by atoms with Crippen molar-refractivity contribution >= 4 is 22.2 Å². The van der Waals surface area contributed by atoms with Gasteiger partial charge in [-0.15, -0.1) is 5.10 Å². The molecule has 0 spiro atoms. The van der Waals surface area contributed by atoms with Gasteiger partial charge in [0, 0.05) is 30.1 Å². The van der Waals surface area contributed by atoms with E-state index in [9.17, 15) is 5.26 Å². The van der Waals surface area contributed by atoms with Gasteiger partial charge in [-0.2, -0.15) is 10.4 Å². The highest BCUT2D eigenvalue weighted by molar-refractivity contribution is 5.94. The summed E-state index contributed by atoms with van der Waals surface area (Å²) in [5.74, 6) is 0.738. The summed E-state index contributed by atoms with van der Waals surface area (Å²) >= 11 is 0. The highest BCUT2D eigenvalue weighted by Crippen LogP contribution is 2.30. The van der Waals surface area contributed by atoms with E-state index in [0.29, 0.717) is 5.56 Å². The number of pyridine rings is 1. The van der Waals surface area contributed by atoms with Gasteiger partial charge in [0.05, 0.1) is 29.1 Å². The van der Waals surface area contributed by atoms with E-state index in [1.165, 1.54) is 5.57 Å². The van der Waals surface area contributed by atoms with Gasteiger partial charge in [0.2, 0.25) is 0 Å². The highest BCUT2D eigenvalue weighted by atomic mass is 15.2. The molecule has 0 radical (unpaired) electrons. The van der Waals surface area contributed by atoms with Gasteiger partial charge in [0.15, 0.2) is 5.82 Å². The van der Waals surface area contributed by atoms with E-state index in [1.54, 1.807) is 0 Å². The third-order valence-corrected chi connectivity index (χ3v) is 5.91. The molecule has 4 rings (SSSR count). The number of rotatable bonds is 4. The number of aromatic nitrogens is 3. The molecule has 3 aromatic rings. The number of nitrogens with zero attached hydrogens (tertiary/aromatic N) is 5. The van der Waals surface area contributed by atoms with Gasteiger partial charge >= 0.3 is 0 Å². The molecule has 1 aliphatic heterocycles. The molecular formula is C24H26N6. The summed E-state index contributed by atoms with van der Waals surface area (Å²) in [7, 11) is 2.13. The van der Waals surface area contributed by atoms with Crippen LogP contribution in [0.3, 0.4) is 0 Å². The molecule has 0 unspecified atom stereocenters. The third kappa shape index (κ3) is 3.77. The largest absolute Gasteiger partial charge is 0.362 e. The molecule has 152 valence electrons. The predicted molar refractivity (Wildman–Crippen MR) is 120 cm³/mol. The van der Waals surface area contributed by atoms with Gasteiger partial charge in [0.25, 0.3) is 0 Å². The van der Waals surface area contributed by atoms with Crippen molar-refractivity contribution in [1.29, 1.82) is 5.26 Å². The number of hydrogen-bond acceptors (Lipinski definition) is 6. The number of fused-ring (bicyclic) bond motifs is 1. The Bertz CT molecular complexity index is 1170. The summed E-state index contributed by atoms with van der Waals surface area (Å²) in [4.78, 5) is 7.01. The second kappa shape index (κ2) is 8.21. The first-order valence-corrected chi connectivity index (χ1v) is 10.2. The van der Waals surface area contributed by atoms with Crippen LogP contribution in [-0.2, 0) is 0 Å². The van der Waals surface area contributed by atoms with Gasteiger partial charge in [-0.05, 0) is 63.1 Å². The summed E-state index contributed by atoms with van der Waals surface area (Å²) in [5.41, 5.74) is 5.91. The van der Waals surface area contributed by atoms with Crippen molar-refractivity contribution in [2.75, 3.05) is 25.5 Å². The van der Waals surface area contributed by atoms with E-state index in [4.69, 9.17) is 4.98 Å².